The largest absolute Gasteiger partial charge is 0.450 e. The maximum atomic E-state index is 10.9. The highest BCUT2D eigenvalue weighted by Crippen LogP contribution is 2.01. The van der Waals surface area contributed by atoms with E-state index in [9.17, 15) is 4.79 Å². The number of nitrogens with one attached hydrogen (secondary N) is 1. The second kappa shape index (κ2) is 4.98. The van der Waals surface area contributed by atoms with E-state index < -0.39 is 6.09 Å². The molecule has 0 aliphatic heterocycles. The average Bonchev–Trinajstić information content (AvgIpc) is 1.85. The third kappa shape index (κ3) is 4.96. The third-order valence-corrected chi connectivity index (χ3v) is 1.22. The van der Waals surface area contributed by atoms with Gasteiger partial charge in [-0.15, -0.1) is 0 Å². The Labute approximate surface area is 73.2 Å². The molecule has 0 aliphatic carbocycles. The molecule has 1 N–H and O–H groups in total. The molecule has 0 unspecified atom stereocenters. The highest BCUT2D eigenvalue weighted by Gasteiger charge is 2.20. The number of amides is 1. The summed E-state index contributed by atoms with van der Waals surface area (Å²) in [4.78, 5) is 10.9. The first-order valence-electron chi connectivity index (χ1n) is 3.95. The molecule has 0 radical (unpaired) electrons. The Morgan fingerprint density at radius 1 is 1.50 bits per heavy atom. The zero-order valence-corrected chi connectivity index (χ0v) is 8.14. The normalized spacial score (nSPS) is 11.0. The van der Waals surface area contributed by atoms with E-state index >= 15 is 0 Å². The van der Waals surface area contributed by atoms with E-state index in [1.165, 1.54) is 0 Å². The van der Waals surface area contributed by atoms with E-state index in [1.807, 2.05) is 13.8 Å². The van der Waals surface area contributed by atoms with Gasteiger partial charge in [0.2, 0.25) is 0 Å². The molecule has 0 spiro atoms. The van der Waals surface area contributed by atoms with E-state index in [0.29, 0.717) is 13.2 Å². The predicted octanol–water partition coefficient (Wildman–Crippen LogP) is 1.16. The molecule has 1 amide bonds. The molecule has 0 atom stereocenters. The van der Waals surface area contributed by atoms with Gasteiger partial charge in [-0.3, -0.25) is 0 Å². The van der Waals surface area contributed by atoms with Crippen LogP contribution in [0, 0.1) is 0 Å². The van der Waals surface area contributed by atoms with Crippen LogP contribution in [0.3, 0.4) is 0 Å². The first-order chi connectivity index (χ1) is 5.52. The summed E-state index contributed by atoms with van der Waals surface area (Å²) in [6, 6.07) is 0. The fraction of sp³-hybridized carbons (Fsp3) is 0.875. The van der Waals surface area contributed by atoms with Crippen molar-refractivity contribution in [2.24, 2.45) is 0 Å². The zero-order chi connectivity index (χ0) is 9.61. The lowest BCUT2D eigenvalue weighted by Crippen LogP contribution is -2.46. The standard InChI is InChI=1S/C8H17NO3/c1-5-12-7(10)9-8(2,3)6-11-4/h5-6H2,1-4H3,(H,9,10). The van der Waals surface area contributed by atoms with E-state index in [2.05, 4.69) is 5.32 Å². The van der Waals surface area contributed by atoms with Crippen molar-refractivity contribution in [2.75, 3.05) is 20.3 Å². The smallest absolute Gasteiger partial charge is 0.407 e. The fourth-order valence-electron chi connectivity index (χ4n) is 0.840. The molecule has 0 aromatic rings. The van der Waals surface area contributed by atoms with Crippen molar-refractivity contribution >= 4 is 6.09 Å². The second-order valence-electron chi connectivity index (χ2n) is 3.16. The Morgan fingerprint density at radius 3 is 2.50 bits per heavy atom. The lowest BCUT2D eigenvalue weighted by Gasteiger charge is -2.24. The Balaban J connectivity index is 3.79. The van der Waals surface area contributed by atoms with E-state index in [0.717, 1.165) is 0 Å². The van der Waals surface area contributed by atoms with Gasteiger partial charge >= 0.3 is 6.09 Å². The van der Waals surface area contributed by atoms with Gasteiger partial charge in [0, 0.05) is 7.11 Å². The topological polar surface area (TPSA) is 47.6 Å². The number of carbonyl (C=O) groups excluding carboxylic acids is 1. The number of alkyl carbamates (subject to hydrolysis) is 1. The predicted molar refractivity (Wildman–Crippen MR) is 46.1 cm³/mol. The molecular weight excluding hydrogens is 158 g/mol. The summed E-state index contributed by atoms with van der Waals surface area (Å²) in [5, 5.41) is 2.67. The molecule has 12 heavy (non-hydrogen) atoms. The molecule has 0 aromatic carbocycles. The van der Waals surface area contributed by atoms with E-state index in [-0.39, 0.29) is 5.54 Å². The fourth-order valence-corrected chi connectivity index (χ4v) is 0.840. The molecule has 72 valence electrons. The Bertz CT molecular complexity index is 145. The summed E-state index contributed by atoms with van der Waals surface area (Å²) in [6.45, 7) is 6.35. The number of hydrogen-bond acceptors (Lipinski definition) is 3. The van der Waals surface area contributed by atoms with Gasteiger partial charge in [-0.25, -0.2) is 4.79 Å². The van der Waals surface area contributed by atoms with Crippen molar-refractivity contribution < 1.29 is 14.3 Å². The summed E-state index contributed by atoms with van der Waals surface area (Å²) >= 11 is 0. The van der Waals surface area contributed by atoms with Gasteiger partial charge in [0.05, 0.1) is 18.8 Å². The van der Waals surface area contributed by atoms with Crippen LogP contribution >= 0.6 is 0 Å². The number of hydrogen-bond donors (Lipinski definition) is 1. The summed E-state index contributed by atoms with van der Waals surface area (Å²) in [5.41, 5.74) is -0.374. The third-order valence-electron chi connectivity index (χ3n) is 1.22. The van der Waals surface area contributed by atoms with Crippen LogP contribution in [0.15, 0.2) is 0 Å². The first kappa shape index (κ1) is 11.2. The quantitative estimate of drug-likeness (QED) is 0.697. The van der Waals surface area contributed by atoms with Gasteiger partial charge in [0.15, 0.2) is 0 Å². The van der Waals surface area contributed by atoms with Crippen LogP contribution in [0.1, 0.15) is 20.8 Å². The first-order valence-corrected chi connectivity index (χ1v) is 3.95. The van der Waals surface area contributed by atoms with Gasteiger partial charge in [-0.05, 0) is 20.8 Å². The Hall–Kier alpha value is -0.770. The van der Waals surface area contributed by atoms with Gasteiger partial charge in [-0.1, -0.05) is 0 Å². The molecule has 4 heteroatoms. The van der Waals surface area contributed by atoms with Crippen LogP contribution in [0.5, 0.6) is 0 Å². The van der Waals surface area contributed by atoms with Crippen molar-refractivity contribution in [2.45, 2.75) is 26.3 Å². The summed E-state index contributed by atoms with van der Waals surface area (Å²) in [5.74, 6) is 0. The van der Waals surface area contributed by atoms with Gasteiger partial charge in [-0.2, -0.15) is 0 Å². The minimum Gasteiger partial charge on any atom is -0.450 e. The summed E-state index contributed by atoms with van der Waals surface area (Å²) in [7, 11) is 1.59. The van der Waals surface area contributed by atoms with E-state index in [1.54, 1.807) is 14.0 Å². The maximum absolute atomic E-state index is 10.9. The van der Waals surface area contributed by atoms with Crippen molar-refractivity contribution in [1.82, 2.24) is 5.32 Å². The number of rotatable bonds is 4. The zero-order valence-electron chi connectivity index (χ0n) is 8.14. The van der Waals surface area contributed by atoms with Crippen LogP contribution in [0.2, 0.25) is 0 Å². The summed E-state index contributed by atoms with van der Waals surface area (Å²) < 4.78 is 9.63. The second-order valence-corrected chi connectivity index (χ2v) is 3.16. The molecule has 0 heterocycles. The van der Waals surface area contributed by atoms with E-state index in [4.69, 9.17) is 9.47 Å². The molecule has 0 rings (SSSR count). The van der Waals surface area contributed by atoms with Crippen molar-refractivity contribution in [3.05, 3.63) is 0 Å². The average molecular weight is 175 g/mol. The summed E-state index contributed by atoms with van der Waals surface area (Å²) in [6.07, 6.45) is -0.403. The highest BCUT2D eigenvalue weighted by atomic mass is 16.5. The van der Waals surface area contributed by atoms with Crippen LogP contribution in [-0.4, -0.2) is 32.0 Å². The maximum Gasteiger partial charge on any atom is 0.407 e. The van der Waals surface area contributed by atoms with Crippen LogP contribution < -0.4 is 5.32 Å². The number of methoxy groups -OCH3 is 1. The minimum atomic E-state index is -0.403. The molecule has 0 saturated heterocycles. The van der Waals surface area contributed by atoms with Gasteiger partial charge in [0.25, 0.3) is 0 Å². The Morgan fingerprint density at radius 2 is 2.08 bits per heavy atom. The van der Waals surface area contributed by atoms with Crippen LogP contribution in [0.4, 0.5) is 4.79 Å². The lowest BCUT2D eigenvalue weighted by molar-refractivity contribution is 0.106. The van der Waals surface area contributed by atoms with Gasteiger partial charge < -0.3 is 14.8 Å². The van der Waals surface area contributed by atoms with Crippen LogP contribution in [0.25, 0.3) is 0 Å². The molecular formula is C8H17NO3. The van der Waals surface area contributed by atoms with Crippen molar-refractivity contribution in [1.29, 1.82) is 0 Å². The van der Waals surface area contributed by atoms with Crippen molar-refractivity contribution in [3.8, 4) is 0 Å². The monoisotopic (exact) mass is 175 g/mol. The molecule has 0 bridgehead atoms. The van der Waals surface area contributed by atoms with Crippen molar-refractivity contribution in [3.63, 3.8) is 0 Å². The molecule has 0 fully saturated rings. The SMILES string of the molecule is CCOC(=O)NC(C)(C)COC. The number of carbonyl (C=O) groups is 1. The highest BCUT2D eigenvalue weighted by molar-refractivity contribution is 5.68. The van der Waals surface area contributed by atoms with Crippen LogP contribution in [-0.2, 0) is 9.47 Å². The Kier molecular flexibility index (Phi) is 4.66. The number of ether oxygens (including phenoxy) is 2. The molecule has 0 aromatic heterocycles. The molecule has 0 saturated carbocycles. The molecule has 4 nitrogen and oxygen atoms in total. The lowest BCUT2D eigenvalue weighted by atomic mass is 10.1. The molecule has 0 aliphatic rings. The minimum absolute atomic E-state index is 0.374. The van der Waals surface area contributed by atoms with Gasteiger partial charge in [0.1, 0.15) is 0 Å².